The normalized spacial score (nSPS) is 17.5. The van der Waals surface area contributed by atoms with Crippen LogP contribution >= 0.6 is 11.3 Å². The van der Waals surface area contributed by atoms with Crippen molar-refractivity contribution in [1.29, 1.82) is 5.26 Å². The summed E-state index contributed by atoms with van der Waals surface area (Å²) in [6.45, 7) is 3.74. The van der Waals surface area contributed by atoms with Crippen LogP contribution in [0.2, 0.25) is 0 Å². The first-order valence-electron chi connectivity index (χ1n) is 10.1. The SMILES string of the molecule is CC1=NN(c2nc(-c3ccc(C)cc3)cs2)C(=O)[C@@H]1[C@H](c1ccccc1)[C@@H](C#N)C(N)=O. The number of primary amides is 1. The lowest BCUT2D eigenvalue weighted by Gasteiger charge is -2.25. The van der Waals surface area contributed by atoms with Crippen LogP contribution in [0.4, 0.5) is 5.13 Å². The van der Waals surface area contributed by atoms with Gasteiger partial charge in [0.2, 0.25) is 11.0 Å². The average molecular weight is 444 g/mol. The van der Waals surface area contributed by atoms with Crippen molar-refractivity contribution >= 4 is 34.0 Å². The quantitative estimate of drug-likeness (QED) is 0.623. The van der Waals surface area contributed by atoms with E-state index in [4.69, 9.17) is 5.73 Å². The fourth-order valence-corrected chi connectivity index (χ4v) is 4.71. The molecule has 0 fully saturated rings. The molecule has 2 amide bonds. The van der Waals surface area contributed by atoms with Gasteiger partial charge in [-0.2, -0.15) is 15.4 Å². The van der Waals surface area contributed by atoms with Crippen LogP contribution in [0.15, 0.2) is 65.1 Å². The van der Waals surface area contributed by atoms with Gasteiger partial charge < -0.3 is 5.73 Å². The van der Waals surface area contributed by atoms with Crippen LogP contribution in [0.3, 0.4) is 0 Å². The van der Waals surface area contributed by atoms with Gasteiger partial charge in [-0.3, -0.25) is 9.59 Å². The highest BCUT2D eigenvalue weighted by Gasteiger charge is 2.46. The van der Waals surface area contributed by atoms with Gasteiger partial charge in [0, 0.05) is 22.6 Å². The van der Waals surface area contributed by atoms with Crippen molar-refractivity contribution in [3.05, 3.63) is 71.1 Å². The Kier molecular flexibility index (Phi) is 5.84. The number of aromatic nitrogens is 1. The van der Waals surface area contributed by atoms with E-state index < -0.39 is 23.7 Å². The number of hydrazone groups is 1. The number of thiazole rings is 1. The van der Waals surface area contributed by atoms with Crippen molar-refractivity contribution in [3.8, 4) is 17.3 Å². The van der Waals surface area contributed by atoms with E-state index in [1.807, 2.05) is 48.7 Å². The van der Waals surface area contributed by atoms with Gasteiger partial charge in [-0.15, -0.1) is 11.3 Å². The number of anilines is 1. The lowest BCUT2D eigenvalue weighted by atomic mass is 9.75. The number of hydrogen-bond acceptors (Lipinski definition) is 6. The molecular formula is C24H21N5O2S. The zero-order chi connectivity index (χ0) is 22.8. The predicted molar refractivity (Wildman–Crippen MR) is 124 cm³/mol. The Morgan fingerprint density at radius 1 is 1.16 bits per heavy atom. The van der Waals surface area contributed by atoms with Crippen LogP contribution < -0.4 is 10.7 Å². The number of amides is 2. The maximum atomic E-state index is 13.5. The number of rotatable bonds is 6. The molecule has 7 nitrogen and oxygen atoms in total. The van der Waals surface area contributed by atoms with E-state index in [1.54, 1.807) is 31.2 Å². The van der Waals surface area contributed by atoms with Gasteiger partial charge in [0.1, 0.15) is 5.92 Å². The summed E-state index contributed by atoms with van der Waals surface area (Å²) < 4.78 is 0. The monoisotopic (exact) mass is 443 g/mol. The highest BCUT2D eigenvalue weighted by atomic mass is 32.1. The fourth-order valence-electron chi connectivity index (χ4n) is 3.92. The molecule has 3 atom stereocenters. The number of nitrogens with two attached hydrogens (primary N) is 1. The highest BCUT2D eigenvalue weighted by molar-refractivity contribution is 7.14. The molecule has 32 heavy (non-hydrogen) atoms. The number of nitriles is 1. The molecule has 1 aromatic heterocycles. The highest BCUT2D eigenvalue weighted by Crippen LogP contribution is 2.39. The summed E-state index contributed by atoms with van der Waals surface area (Å²) in [5, 5.41) is 17.7. The summed E-state index contributed by atoms with van der Waals surface area (Å²) in [5.74, 6) is -3.80. The zero-order valence-corrected chi connectivity index (χ0v) is 18.4. The fraction of sp³-hybridized carbons (Fsp3) is 0.208. The van der Waals surface area contributed by atoms with Crippen molar-refractivity contribution in [2.45, 2.75) is 19.8 Å². The van der Waals surface area contributed by atoms with Gasteiger partial charge in [0.25, 0.3) is 5.91 Å². The maximum Gasteiger partial charge on any atom is 0.259 e. The smallest absolute Gasteiger partial charge is 0.259 e. The van der Waals surface area contributed by atoms with E-state index in [2.05, 4.69) is 10.1 Å². The Balaban J connectivity index is 1.69. The largest absolute Gasteiger partial charge is 0.369 e. The summed E-state index contributed by atoms with van der Waals surface area (Å²) in [5.41, 5.74) is 9.58. The Labute approximate surface area is 189 Å². The van der Waals surface area contributed by atoms with Gasteiger partial charge in [0.05, 0.1) is 17.7 Å². The maximum absolute atomic E-state index is 13.5. The molecule has 0 aliphatic carbocycles. The van der Waals surface area contributed by atoms with Crippen LogP contribution in [0.25, 0.3) is 11.3 Å². The standard InChI is InChI=1S/C24H21N5O2S/c1-14-8-10-16(11-9-14)19-13-32-24(27-19)29-23(31)20(15(2)28-29)21(18(12-25)22(26)30)17-6-4-3-5-7-17/h3-11,13,18,20-21H,1-2H3,(H2,26,30)/t18-,20+,21-/m1/s1. The van der Waals surface area contributed by atoms with Crippen LogP contribution in [-0.2, 0) is 9.59 Å². The zero-order valence-electron chi connectivity index (χ0n) is 17.6. The van der Waals surface area contributed by atoms with Crippen LogP contribution in [0.1, 0.15) is 24.0 Å². The molecule has 1 aliphatic heterocycles. The molecule has 0 saturated heterocycles. The van der Waals surface area contributed by atoms with Crippen molar-refractivity contribution in [3.63, 3.8) is 0 Å². The molecule has 0 spiro atoms. The van der Waals surface area contributed by atoms with Gasteiger partial charge in [-0.25, -0.2) is 4.98 Å². The molecule has 160 valence electrons. The van der Waals surface area contributed by atoms with Gasteiger partial charge in [-0.1, -0.05) is 60.2 Å². The summed E-state index contributed by atoms with van der Waals surface area (Å²) in [4.78, 5) is 30.2. The van der Waals surface area contributed by atoms with Crippen LogP contribution in [-0.4, -0.2) is 22.5 Å². The Morgan fingerprint density at radius 2 is 1.84 bits per heavy atom. The Bertz CT molecular complexity index is 1230. The summed E-state index contributed by atoms with van der Waals surface area (Å²) in [7, 11) is 0. The van der Waals surface area contributed by atoms with E-state index in [9.17, 15) is 14.9 Å². The number of hydrogen-bond donors (Lipinski definition) is 1. The molecule has 4 rings (SSSR count). The second-order valence-electron chi connectivity index (χ2n) is 7.70. The summed E-state index contributed by atoms with van der Waals surface area (Å²) >= 11 is 1.31. The van der Waals surface area contributed by atoms with Gasteiger partial charge >= 0.3 is 0 Å². The molecule has 0 bridgehead atoms. The minimum Gasteiger partial charge on any atom is -0.369 e. The Hall–Kier alpha value is -3.83. The third-order valence-corrected chi connectivity index (χ3v) is 6.37. The third-order valence-electron chi connectivity index (χ3n) is 5.55. The lowest BCUT2D eigenvalue weighted by Crippen LogP contribution is -2.38. The van der Waals surface area contributed by atoms with Gasteiger partial charge in [-0.05, 0) is 19.4 Å². The van der Waals surface area contributed by atoms with Crippen LogP contribution in [0.5, 0.6) is 0 Å². The van der Waals surface area contributed by atoms with E-state index >= 15 is 0 Å². The number of aryl methyl sites for hydroxylation is 1. The topological polar surface area (TPSA) is 112 Å². The van der Waals surface area contributed by atoms with E-state index in [1.165, 1.54) is 16.3 Å². The second kappa shape index (κ2) is 8.73. The van der Waals surface area contributed by atoms with E-state index in [0.29, 0.717) is 16.4 Å². The first-order chi connectivity index (χ1) is 15.4. The predicted octanol–water partition coefficient (Wildman–Crippen LogP) is 3.87. The molecule has 2 N–H and O–H groups in total. The minimum absolute atomic E-state index is 0.331. The van der Waals surface area contributed by atoms with Crippen LogP contribution in [0, 0.1) is 30.1 Å². The second-order valence-corrected chi connectivity index (χ2v) is 8.53. The minimum atomic E-state index is -1.17. The first kappa shape index (κ1) is 21.4. The molecule has 2 heterocycles. The number of benzene rings is 2. The average Bonchev–Trinajstić information content (AvgIpc) is 3.38. The van der Waals surface area contributed by atoms with E-state index in [0.717, 1.165) is 16.8 Å². The molecule has 0 unspecified atom stereocenters. The molecule has 3 aromatic rings. The first-order valence-corrected chi connectivity index (χ1v) is 10.9. The molecular weight excluding hydrogens is 422 g/mol. The van der Waals surface area contributed by atoms with Crippen molar-refractivity contribution in [1.82, 2.24) is 4.98 Å². The van der Waals surface area contributed by atoms with Crippen molar-refractivity contribution in [2.75, 3.05) is 5.01 Å². The number of carbonyl (C=O) groups excluding carboxylic acids is 2. The molecule has 2 aromatic carbocycles. The van der Waals surface area contributed by atoms with Gasteiger partial charge in [0.15, 0.2) is 0 Å². The van der Waals surface area contributed by atoms with E-state index in [-0.39, 0.29) is 5.91 Å². The number of carbonyl (C=O) groups is 2. The Morgan fingerprint density at radius 3 is 2.47 bits per heavy atom. The molecule has 0 saturated carbocycles. The summed E-state index contributed by atoms with van der Waals surface area (Å²) in [6, 6.07) is 19.0. The third kappa shape index (κ3) is 3.90. The van der Waals surface area contributed by atoms with Crippen molar-refractivity contribution < 1.29 is 9.59 Å². The van der Waals surface area contributed by atoms with Crippen molar-refractivity contribution in [2.24, 2.45) is 22.7 Å². The lowest BCUT2D eigenvalue weighted by molar-refractivity contribution is -0.123. The number of nitrogens with zero attached hydrogens (tertiary/aromatic N) is 4. The molecule has 1 aliphatic rings. The molecule has 8 heteroatoms. The molecule has 0 radical (unpaired) electrons. The summed E-state index contributed by atoms with van der Waals surface area (Å²) in [6.07, 6.45) is 0.